The Hall–Kier alpha value is -3.76. The van der Waals surface area contributed by atoms with Crippen molar-refractivity contribution in [1.29, 1.82) is 0 Å². The van der Waals surface area contributed by atoms with Gasteiger partial charge in [0.1, 0.15) is 6.54 Å². The van der Waals surface area contributed by atoms with Crippen molar-refractivity contribution in [1.82, 2.24) is 25.1 Å². The second kappa shape index (κ2) is 8.54. The van der Waals surface area contributed by atoms with Crippen LogP contribution in [0.1, 0.15) is 58.8 Å². The summed E-state index contributed by atoms with van der Waals surface area (Å²) in [6, 6.07) is 2.86. The molecule has 8 nitrogen and oxygen atoms in total. The molecule has 3 aromatic rings. The molecule has 1 N–H and O–H groups in total. The minimum Gasteiger partial charge on any atom is -0.350 e. The number of hydrogen-bond acceptors (Lipinski definition) is 5. The van der Waals surface area contributed by atoms with E-state index in [0.717, 1.165) is 4.68 Å². The van der Waals surface area contributed by atoms with Crippen molar-refractivity contribution in [3.8, 4) is 11.3 Å². The lowest BCUT2D eigenvalue weighted by Crippen LogP contribution is -2.30. The fourth-order valence-corrected chi connectivity index (χ4v) is 3.98. The number of hydrogen-bond donors (Lipinski definition) is 1. The maximum atomic E-state index is 13.2. The van der Waals surface area contributed by atoms with Crippen LogP contribution < -0.4 is 10.2 Å². The molecule has 4 heterocycles. The van der Waals surface area contributed by atoms with Crippen LogP contribution >= 0.6 is 0 Å². The Bertz CT molecular complexity index is 1270. The number of rotatable bonds is 5. The van der Waals surface area contributed by atoms with Crippen molar-refractivity contribution in [2.75, 3.05) is 4.90 Å². The molecule has 11 heteroatoms. The highest BCUT2D eigenvalue weighted by molar-refractivity contribution is 6.11. The first-order chi connectivity index (χ1) is 15.9. The normalized spacial score (nSPS) is 15.7. The molecule has 34 heavy (non-hydrogen) atoms. The maximum absolute atomic E-state index is 13.2. The van der Waals surface area contributed by atoms with Crippen LogP contribution in [0.5, 0.6) is 0 Å². The molecule has 1 atom stereocenters. The molecule has 2 amide bonds. The Labute approximate surface area is 193 Å². The quantitative estimate of drug-likeness (QED) is 0.604. The summed E-state index contributed by atoms with van der Waals surface area (Å²) in [6.07, 6.45) is 1.07. The van der Waals surface area contributed by atoms with Gasteiger partial charge in [0.25, 0.3) is 11.8 Å². The summed E-state index contributed by atoms with van der Waals surface area (Å²) < 4.78 is 38.9. The number of alkyl halides is 3. The van der Waals surface area contributed by atoms with Crippen molar-refractivity contribution < 1.29 is 22.8 Å². The van der Waals surface area contributed by atoms with Crippen LogP contribution in [0, 0.1) is 6.92 Å². The van der Waals surface area contributed by atoms with E-state index < -0.39 is 18.8 Å². The molecule has 1 aliphatic rings. The van der Waals surface area contributed by atoms with Gasteiger partial charge in [0.15, 0.2) is 0 Å². The summed E-state index contributed by atoms with van der Waals surface area (Å²) in [7, 11) is 0. The highest BCUT2D eigenvalue weighted by Crippen LogP contribution is 2.39. The number of halogens is 3. The molecule has 3 aromatic heterocycles. The highest BCUT2D eigenvalue weighted by atomic mass is 19.4. The number of pyridine rings is 2. The van der Waals surface area contributed by atoms with E-state index in [1.807, 2.05) is 13.8 Å². The fourth-order valence-electron chi connectivity index (χ4n) is 3.98. The summed E-state index contributed by atoms with van der Waals surface area (Å²) in [5.41, 5.74) is 3.36. The van der Waals surface area contributed by atoms with E-state index in [9.17, 15) is 22.8 Å². The number of carbonyl (C=O) groups is 2. The van der Waals surface area contributed by atoms with Gasteiger partial charge in [0.05, 0.1) is 40.4 Å². The minimum atomic E-state index is -4.42. The maximum Gasteiger partial charge on any atom is 0.408 e. The topological polar surface area (TPSA) is 93.0 Å². The molecule has 0 spiro atoms. The molecule has 0 aromatic carbocycles. The van der Waals surface area contributed by atoms with Crippen molar-refractivity contribution >= 4 is 17.5 Å². The number of fused-ring (bicyclic) bond motifs is 1. The number of nitrogens with zero attached hydrogens (tertiary/aromatic N) is 5. The Kier molecular flexibility index (Phi) is 5.88. The van der Waals surface area contributed by atoms with Crippen molar-refractivity contribution in [2.45, 2.75) is 52.5 Å². The SMILES string of the molecule is Cc1cc(-c2cncc(C(=O)NC(C)C)c2)nc2c1C(=O)N(c1cnn(CC(F)(F)F)c1)C2C. The van der Waals surface area contributed by atoms with Crippen LogP contribution in [0.25, 0.3) is 11.3 Å². The summed E-state index contributed by atoms with van der Waals surface area (Å²) >= 11 is 0. The van der Waals surface area contributed by atoms with Gasteiger partial charge in [-0.3, -0.25) is 24.2 Å². The van der Waals surface area contributed by atoms with E-state index >= 15 is 0 Å². The molecular formula is C23H23F3N6O2. The number of aromatic nitrogens is 4. The van der Waals surface area contributed by atoms with Crippen LogP contribution in [0.3, 0.4) is 0 Å². The van der Waals surface area contributed by atoms with E-state index in [4.69, 9.17) is 0 Å². The molecule has 4 rings (SSSR count). The highest BCUT2D eigenvalue weighted by Gasteiger charge is 2.39. The Morgan fingerprint density at radius 3 is 2.62 bits per heavy atom. The van der Waals surface area contributed by atoms with E-state index in [1.54, 1.807) is 32.2 Å². The summed E-state index contributed by atoms with van der Waals surface area (Å²) in [6.45, 7) is 6.00. The summed E-state index contributed by atoms with van der Waals surface area (Å²) in [5, 5.41) is 6.56. The lowest BCUT2D eigenvalue weighted by Gasteiger charge is -2.19. The smallest absolute Gasteiger partial charge is 0.350 e. The standard InChI is InChI=1S/C23H23F3N6O2/c1-12(2)29-21(33)16-6-15(7-27-8-16)18-5-13(3)19-20(30-18)14(4)32(22(19)34)17-9-28-31(10-17)11-23(24,25)26/h5-10,12,14H,11H2,1-4H3,(H,29,33). The molecule has 0 radical (unpaired) electrons. The first-order valence-electron chi connectivity index (χ1n) is 10.6. The summed E-state index contributed by atoms with van der Waals surface area (Å²) in [4.78, 5) is 35.8. The fraction of sp³-hybridized carbons (Fsp3) is 0.348. The van der Waals surface area contributed by atoms with Gasteiger partial charge < -0.3 is 5.32 Å². The van der Waals surface area contributed by atoms with E-state index in [2.05, 4.69) is 20.4 Å². The predicted molar refractivity (Wildman–Crippen MR) is 118 cm³/mol. The van der Waals surface area contributed by atoms with Gasteiger partial charge in [0.2, 0.25) is 0 Å². The molecular weight excluding hydrogens is 449 g/mol. The average Bonchev–Trinajstić information content (AvgIpc) is 3.28. The van der Waals surface area contributed by atoms with Crippen molar-refractivity contribution in [3.63, 3.8) is 0 Å². The molecule has 178 valence electrons. The largest absolute Gasteiger partial charge is 0.408 e. The third kappa shape index (κ3) is 4.50. The number of nitrogens with one attached hydrogen (secondary N) is 1. The Balaban J connectivity index is 1.67. The lowest BCUT2D eigenvalue weighted by atomic mass is 10.0. The van der Waals surface area contributed by atoms with E-state index in [0.29, 0.717) is 33.6 Å². The van der Waals surface area contributed by atoms with Crippen molar-refractivity contribution in [2.24, 2.45) is 0 Å². The monoisotopic (exact) mass is 472 g/mol. The summed E-state index contributed by atoms with van der Waals surface area (Å²) in [5.74, 6) is -0.610. The van der Waals surface area contributed by atoms with Gasteiger partial charge in [-0.2, -0.15) is 18.3 Å². The first kappa shape index (κ1) is 23.4. The molecule has 0 bridgehead atoms. The van der Waals surface area contributed by atoms with Crippen molar-refractivity contribution in [3.05, 3.63) is 59.3 Å². The van der Waals surface area contributed by atoms with Crippen LogP contribution in [0.15, 0.2) is 36.9 Å². The zero-order chi connectivity index (χ0) is 24.8. The van der Waals surface area contributed by atoms with Crippen LogP contribution in [-0.4, -0.2) is 43.8 Å². The van der Waals surface area contributed by atoms with Gasteiger partial charge in [0, 0.05) is 30.2 Å². The number of carbonyl (C=O) groups excluding carboxylic acids is 2. The zero-order valence-corrected chi connectivity index (χ0v) is 19.0. The number of amides is 2. The second-order valence-electron chi connectivity index (χ2n) is 8.54. The van der Waals surface area contributed by atoms with Gasteiger partial charge in [-0.05, 0) is 45.4 Å². The Morgan fingerprint density at radius 2 is 1.94 bits per heavy atom. The third-order valence-corrected chi connectivity index (χ3v) is 5.42. The second-order valence-corrected chi connectivity index (χ2v) is 8.54. The number of aryl methyl sites for hydroxylation is 1. The lowest BCUT2D eigenvalue weighted by molar-refractivity contribution is -0.142. The van der Waals surface area contributed by atoms with Gasteiger partial charge in [-0.25, -0.2) is 4.98 Å². The van der Waals surface area contributed by atoms with Gasteiger partial charge in [-0.15, -0.1) is 0 Å². The molecule has 1 unspecified atom stereocenters. The average molecular weight is 472 g/mol. The first-order valence-corrected chi connectivity index (χ1v) is 10.6. The zero-order valence-electron chi connectivity index (χ0n) is 19.0. The van der Waals surface area contributed by atoms with E-state index in [1.165, 1.54) is 23.5 Å². The van der Waals surface area contributed by atoms with Gasteiger partial charge in [-0.1, -0.05) is 0 Å². The minimum absolute atomic E-state index is 0.0325. The Morgan fingerprint density at radius 1 is 1.21 bits per heavy atom. The van der Waals surface area contributed by atoms with Crippen LogP contribution in [0.2, 0.25) is 0 Å². The van der Waals surface area contributed by atoms with Crippen LogP contribution in [0.4, 0.5) is 18.9 Å². The third-order valence-electron chi connectivity index (χ3n) is 5.42. The predicted octanol–water partition coefficient (Wildman–Crippen LogP) is 4.07. The van der Waals surface area contributed by atoms with E-state index in [-0.39, 0.29) is 23.5 Å². The number of anilines is 1. The van der Waals surface area contributed by atoms with Crippen LogP contribution in [-0.2, 0) is 6.54 Å². The van der Waals surface area contributed by atoms with Gasteiger partial charge >= 0.3 is 6.18 Å². The molecule has 1 aliphatic heterocycles. The molecule has 0 saturated heterocycles. The molecule has 0 saturated carbocycles. The molecule has 0 fully saturated rings. The molecule has 0 aliphatic carbocycles.